The molecule has 0 aliphatic carbocycles. The summed E-state index contributed by atoms with van der Waals surface area (Å²) < 4.78 is 0. The number of piperidine rings is 1. The first-order valence-electron chi connectivity index (χ1n) is 7.91. The van der Waals surface area contributed by atoms with E-state index in [1.165, 1.54) is 43.4 Å². The van der Waals surface area contributed by atoms with Crippen LogP contribution in [0.25, 0.3) is 0 Å². The molecule has 0 saturated carbocycles. The number of nitrogens with zero attached hydrogens (tertiary/aromatic N) is 2. The first kappa shape index (κ1) is 14.5. The van der Waals surface area contributed by atoms with Crippen LogP contribution in [0.3, 0.4) is 0 Å². The van der Waals surface area contributed by atoms with Gasteiger partial charge in [0.2, 0.25) is 0 Å². The molecule has 0 aromatic heterocycles. The number of hydrogen-bond donors (Lipinski definition) is 1. The van der Waals surface area contributed by atoms with Crippen LogP contribution in [0.1, 0.15) is 47.2 Å². The largest absolute Gasteiger partial charge is 0.478 e. The summed E-state index contributed by atoms with van der Waals surface area (Å²) in [4.78, 5) is 16.0. The molecule has 0 radical (unpaired) electrons. The zero-order chi connectivity index (χ0) is 14.8. The van der Waals surface area contributed by atoms with Crippen LogP contribution in [0.15, 0.2) is 18.2 Å². The van der Waals surface area contributed by atoms with Crippen LogP contribution in [0, 0.1) is 0 Å². The number of carboxylic acid groups (broad SMARTS) is 1. The third-order valence-corrected chi connectivity index (χ3v) is 4.94. The number of rotatable bonds is 4. The number of aromatic carboxylic acids is 1. The predicted molar refractivity (Wildman–Crippen MR) is 82.4 cm³/mol. The van der Waals surface area contributed by atoms with Gasteiger partial charge in [-0.2, -0.15) is 0 Å². The second-order valence-corrected chi connectivity index (χ2v) is 6.42. The minimum Gasteiger partial charge on any atom is -0.478 e. The van der Waals surface area contributed by atoms with Gasteiger partial charge in [-0.05, 0) is 56.1 Å². The van der Waals surface area contributed by atoms with Gasteiger partial charge in [0, 0.05) is 25.7 Å². The SMILES string of the molecule is CN1CCCCC1CCN1Cc2ccc(C(=O)O)cc2C1. The molecule has 1 fully saturated rings. The Morgan fingerprint density at radius 3 is 2.86 bits per heavy atom. The zero-order valence-electron chi connectivity index (χ0n) is 12.7. The Hall–Kier alpha value is -1.39. The smallest absolute Gasteiger partial charge is 0.335 e. The van der Waals surface area contributed by atoms with Gasteiger partial charge in [0.1, 0.15) is 0 Å². The van der Waals surface area contributed by atoms with Gasteiger partial charge < -0.3 is 10.0 Å². The number of carboxylic acids is 1. The Bertz CT molecular complexity index is 530. The maximum absolute atomic E-state index is 11.0. The van der Waals surface area contributed by atoms with Crippen molar-refractivity contribution in [3.05, 3.63) is 34.9 Å². The van der Waals surface area contributed by atoms with Crippen molar-refractivity contribution >= 4 is 5.97 Å². The molecule has 2 aliphatic heterocycles. The van der Waals surface area contributed by atoms with Crippen molar-refractivity contribution in [2.75, 3.05) is 20.1 Å². The summed E-state index contributed by atoms with van der Waals surface area (Å²) in [6, 6.07) is 6.26. The van der Waals surface area contributed by atoms with Crippen LogP contribution < -0.4 is 0 Å². The lowest BCUT2D eigenvalue weighted by Gasteiger charge is -2.33. The molecule has 114 valence electrons. The molecule has 3 rings (SSSR count). The Morgan fingerprint density at radius 1 is 1.29 bits per heavy atom. The molecule has 1 atom stereocenters. The molecule has 1 aromatic rings. The van der Waals surface area contributed by atoms with E-state index in [1.54, 1.807) is 6.07 Å². The molecule has 4 heteroatoms. The predicted octanol–water partition coefficient (Wildman–Crippen LogP) is 2.57. The van der Waals surface area contributed by atoms with Crippen LogP contribution in [0.2, 0.25) is 0 Å². The Morgan fingerprint density at radius 2 is 2.10 bits per heavy atom. The van der Waals surface area contributed by atoms with Gasteiger partial charge >= 0.3 is 5.97 Å². The van der Waals surface area contributed by atoms with Crippen LogP contribution in [-0.4, -0.2) is 47.1 Å². The van der Waals surface area contributed by atoms with Crippen molar-refractivity contribution in [2.24, 2.45) is 0 Å². The van der Waals surface area contributed by atoms with E-state index in [0.717, 1.165) is 25.7 Å². The lowest BCUT2D eigenvalue weighted by molar-refractivity contribution is 0.0696. The minimum absolute atomic E-state index is 0.405. The molecule has 21 heavy (non-hydrogen) atoms. The van der Waals surface area contributed by atoms with Crippen molar-refractivity contribution in [3.63, 3.8) is 0 Å². The summed E-state index contributed by atoms with van der Waals surface area (Å²) in [5.74, 6) is -0.833. The van der Waals surface area contributed by atoms with Gasteiger partial charge in [-0.25, -0.2) is 4.79 Å². The van der Waals surface area contributed by atoms with Crippen LogP contribution in [-0.2, 0) is 13.1 Å². The zero-order valence-corrected chi connectivity index (χ0v) is 12.7. The van der Waals surface area contributed by atoms with Crippen molar-refractivity contribution in [1.29, 1.82) is 0 Å². The van der Waals surface area contributed by atoms with Crippen molar-refractivity contribution in [1.82, 2.24) is 9.80 Å². The second-order valence-electron chi connectivity index (χ2n) is 6.42. The fourth-order valence-electron chi connectivity index (χ4n) is 3.60. The fraction of sp³-hybridized carbons (Fsp3) is 0.588. The summed E-state index contributed by atoms with van der Waals surface area (Å²) in [6.45, 7) is 4.19. The van der Waals surface area contributed by atoms with Gasteiger partial charge in [-0.1, -0.05) is 12.5 Å². The summed E-state index contributed by atoms with van der Waals surface area (Å²) in [5.41, 5.74) is 2.88. The van der Waals surface area contributed by atoms with E-state index < -0.39 is 5.97 Å². The first-order chi connectivity index (χ1) is 10.1. The Balaban J connectivity index is 1.56. The maximum atomic E-state index is 11.0. The molecule has 0 bridgehead atoms. The fourth-order valence-corrected chi connectivity index (χ4v) is 3.60. The van der Waals surface area contributed by atoms with E-state index >= 15 is 0 Å². The monoisotopic (exact) mass is 288 g/mol. The molecular weight excluding hydrogens is 264 g/mol. The second kappa shape index (κ2) is 6.16. The number of benzene rings is 1. The van der Waals surface area contributed by atoms with Crippen LogP contribution in [0.5, 0.6) is 0 Å². The molecule has 4 nitrogen and oxygen atoms in total. The normalized spacial score (nSPS) is 23.2. The van der Waals surface area contributed by atoms with E-state index in [2.05, 4.69) is 16.8 Å². The Labute approximate surface area is 126 Å². The van der Waals surface area contributed by atoms with Crippen molar-refractivity contribution in [2.45, 2.75) is 44.8 Å². The lowest BCUT2D eigenvalue weighted by Crippen LogP contribution is -2.38. The van der Waals surface area contributed by atoms with E-state index in [0.29, 0.717) is 5.56 Å². The highest BCUT2D eigenvalue weighted by Gasteiger charge is 2.23. The standard InChI is InChI=1S/C17H24N2O2/c1-18-8-3-2-4-16(18)7-9-19-11-14-6-5-13(17(20)21)10-15(14)12-19/h5-6,10,16H,2-4,7-9,11-12H2,1H3,(H,20,21). The quantitative estimate of drug-likeness (QED) is 0.925. The summed E-state index contributed by atoms with van der Waals surface area (Å²) in [6.07, 6.45) is 5.23. The molecule has 0 spiro atoms. The van der Waals surface area contributed by atoms with Crippen molar-refractivity contribution in [3.8, 4) is 0 Å². The maximum Gasteiger partial charge on any atom is 0.335 e. The van der Waals surface area contributed by atoms with Gasteiger partial charge in [-0.15, -0.1) is 0 Å². The number of carbonyl (C=O) groups is 1. The lowest BCUT2D eigenvalue weighted by atomic mass is 10.00. The topological polar surface area (TPSA) is 43.8 Å². The summed E-state index contributed by atoms with van der Waals surface area (Å²) in [5, 5.41) is 9.07. The molecule has 1 unspecified atom stereocenters. The summed E-state index contributed by atoms with van der Waals surface area (Å²) in [7, 11) is 2.24. The molecule has 2 aliphatic rings. The van der Waals surface area contributed by atoms with Crippen molar-refractivity contribution < 1.29 is 9.90 Å². The third kappa shape index (κ3) is 3.27. The number of likely N-dealkylation sites (tertiary alicyclic amines) is 1. The number of fused-ring (bicyclic) bond motifs is 1. The highest BCUT2D eigenvalue weighted by Crippen LogP contribution is 2.25. The van der Waals surface area contributed by atoms with Crippen LogP contribution >= 0.6 is 0 Å². The molecule has 0 amide bonds. The van der Waals surface area contributed by atoms with Gasteiger partial charge in [0.25, 0.3) is 0 Å². The van der Waals surface area contributed by atoms with E-state index in [9.17, 15) is 4.79 Å². The summed E-state index contributed by atoms with van der Waals surface area (Å²) >= 11 is 0. The average molecular weight is 288 g/mol. The Kier molecular flexibility index (Phi) is 4.27. The van der Waals surface area contributed by atoms with Gasteiger partial charge in [-0.3, -0.25) is 4.90 Å². The van der Waals surface area contributed by atoms with Gasteiger partial charge in [0.05, 0.1) is 5.56 Å². The molecule has 2 heterocycles. The highest BCUT2D eigenvalue weighted by atomic mass is 16.4. The molecule has 1 aromatic carbocycles. The molecule has 1 saturated heterocycles. The van der Waals surface area contributed by atoms with E-state index in [-0.39, 0.29) is 0 Å². The van der Waals surface area contributed by atoms with Crippen LogP contribution in [0.4, 0.5) is 0 Å². The molecular formula is C17H24N2O2. The van der Waals surface area contributed by atoms with E-state index in [4.69, 9.17) is 5.11 Å². The third-order valence-electron chi connectivity index (χ3n) is 4.94. The van der Waals surface area contributed by atoms with E-state index in [1.807, 2.05) is 12.1 Å². The minimum atomic E-state index is -0.833. The van der Waals surface area contributed by atoms with Gasteiger partial charge in [0.15, 0.2) is 0 Å². The first-order valence-corrected chi connectivity index (χ1v) is 7.91. The number of hydrogen-bond acceptors (Lipinski definition) is 3. The average Bonchev–Trinajstić information content (AvgIpc) is 2.88. The molecule has 1 N–H and O–H groups in total. The highest BCUT2D eigenvalue weighted by molar-refractivity contribution is 5.87.